The Morgan fingerprint density at radius 3 is 2.79 bits per heavy atom. The number of hydrogen-bond acceptors (Lipinski definition) is 3. The number of rotatable bonds is 4. The fraction of sp³-hybridized carbons (Fsp3) is 1.00. The Hall–Kier alpha value is -0.120. The summed E-state index contributed by atoms with van der Waals surface area (Å²) in [5.41, 5.74) is 0.297. The molecule has 1 atom stereocenters. The van der Waals surface area contributed by atoms with Crippen LogP contribution in [-0.4, -0.2) is 49.3 Å². The van der Waals surface area contributed by atoms with Gasteiger partial charge in [0, 0.05) is 19.6 Å². The highest BCUT2D eigenvalue weighted by Gasteiger charge is 2.24. The summed E-state index contributed by atoms with van der Waals surface area (Å²) in [5.74, 6) is 0. The van der Waals surface area contributed by atoms with Crippen molar-refractivity contribution in [2.45, 2.75) is 32.8 Å². The minimum Gasteiger partial charge on any atom is -0.392 e. The number of nitrogens with one attached hydrogen (secondary N) is 1. The van der Waals surface area contributed by atoms with Crippen LogP contribution in [0, 0.1) is 5.41 Å². The van der Waals surface area contributed by atoms with Crippen molar-refractivity contribution < 1.29 is 5.11 Å². The van der Waals surface area contributed by atoms with Gasteiger partial charge in [0.2, 0.25) is 0 Å². The third-order valence-corrected chi connectivity index (χ3v) is 2.79. The van der Waals surface area contributed by atoms with Crippen LogP contribution in [0.4, 0.5) is 0 Å². The van der Waals surface area contributed by atoms with Crippen molar-refractivity contribution in [3.63, 3.8) is 0 Å². The lowest BCUT2D eigenvalue weighted by molar-refractivity contribution is 0.0505. The first-order chi connectivity index (χ1) is 6.53. The molecule has 1 aliphatic rings. The molecule has 0 amide bonds. The maximum Gasteiger partial charge on any atom is 0.0667 e. The molecule has 0 radical (unpaired) electrons. The molecule has 0 aromatic rings. The summed E-state index contributed by atoms with van der Waals surface area (Å²) in [6.07, 6.45) is 2.01. The van der Waals surface area contributed by atoms with Gasteiger partial charge in [0.05, 0.1) is 6.10 Å². The van der Waals surface area contributed by atoms with E-state index in [1.165, 1.54) is 0 Å². The van der Waals surface area contributed by atoms with E-state index < -0.39 is 0 Å². The number of nitrogens with zero attached hydrogens (tertiary/aromatic N) is 1. The number of hydrogen-bond donors (Lipinski definition) is 2. The molecule has 14 heavy (non-hydrogen) atoms. The Morgan fingerprint density at radius 1 is 1.50 bits per heavy atom. The van der Waals surface area contributed by atoms with Crippen molar-refractivity contribution in [3.8, 4) is 0 Å². The molecule has 1 fully saturated rings. The zero-order chi connectivity index (χ0) is 10.6. The average molecular weight is 200 g/mol. The molecule has 3 heteroatoms. The lowest BCUT2D eigenvalue weighted by Gasteiger charge is -2.36. The zero-order valence-electron chi connectivity index (χ0n) is 9.71. The Kier molecular flexibility index (Phi) is 4.35. The van der Waals surface area contributed by atoms with Gasteiger partial charge in [-0.3, -0.25) is 0 Å². The second kappa shape index (κ2) is 5.10. The van der Waals surface area contributed by atoms with Gasteiger partial charge in [-0.1, -0.05) is 13.8 Å². The second-order valence-electron chi connectivity index (χ2n) is 5.23. The highest BCUT2D eigenvalue weighted by Crippen LogP contribution is 2.19. The predicted octanol–water partition coefficient (Wildman–Crippen LogP) is 0.689. The van der Waals surface area contributed by atoms with Gasteiger partial charge in [0.1, 0.15) is 0 Å². The predicted molar refractivity (Wildman–Crippen MR) is 59.4 cm³/mol. The fourth-order valence-electron chi connectivity index (χ4n) is 2.31. The third-order valence-electron chi connectivity index (χ3n) is 2.79. The quantitative estimate of drug-likeness (QED) is 0.701. The first kappa shape index (κ1) is 12.0. The molecule has 0 bridgehead atoms. The summed E-state index contributed by atoms with van der Waals surface area (Å²) >= 11 is 0. The fourth-order valence-corrected chi connectivity index (χ4v) is 2.31. The van der Waals surface area contributed by atoms with Crippen LogP contribution in [0.15, 0.2) is 0 Å². The van der Waals surface area contributed by atoms with E-state index >= 15 is 0 Å². The largest absolute Gasteiger partial charge is 0.392 e. The number of β-amino-alcohol motifs (C(OH)–C–C–N with tert-alkyl or cyclic N) is 1. The van der Waals surface area contributed by atoms with Gasteiger partial charge in [-0.05, 0) is 31.8 Å². The monoisotopic (exact) mass is 200 g/mol. The lowest BCUT2D eigenvalue weighted by atomic mass is 9.91. The number of aliphatic hydroxyl groups excluding tert-OH is 1. The van der Waals surface area contributed by atoms with Gasteiger partial charge in [0.25, 0.3) is 0 Å². The molecule has 3 nitrogen and oxygen atoms in total. The highest BCUT2D eigenvalue weighted by molar-refractivity contribution is 4.79. The Labute approximate surface area is 87.5 Å². The van der Waals surface area contributed by atoms with Crippen molar-refractivity contribution >= 4 is 0 Å². The molecule has 0 spiro atoms. The van der Waals surface area contributed by atoms with Crippen molar-refractivity contribution in [2.75, 3.05) is 33.2 Å². The standard InChI is InChI=1S/C11H24N2O/c1-11(2,8-12-3)9-13-6-4-5-10(14)7-13/h10,12,14H,4-9H2,1-3H3. The maximum atomic E-state index is 9.55. The van der Waals surface area contributed by atoms with Gasteiger partial charge in [-0.25, -0.2) is 0 Å². The van der Waals surface area contributed by atoms with E-state index in [0.717, 1.165) is 39.0 Å². The molecule has 2 N–H and O–H groups in total. The molecular weight excluding hydrogens is 176 g/mol. The molecule has 0 aliphatic carbocycles. The van der Waals surface area contributed by atoms with Crippen molar-refractivity contribution in [2.24, 2.45) is 5.41 Å². The van der Waals surface area contributed by atoms with Crippen LogP contribution in [-0.2, 0) is 0 Å². The van der Waals surface area contributed by atoms with Gasteiger partial charge < -0.3 is 15.3 Å². The first-order valence-electron chi connectivity index (χ1n) is 5.58. The molecule has 84 valence electrons. The molecule has 1 rings (SSSR count). The number of piperidine rings is 1. The Bertz CT molecular complexity index is 171. The summed E-state index contributed by atoms with van der Waals surface area (Å²) in [4.78, 5) is 2.38. The van der Waals surface area contributed by atoms with Crippen LogP contribution in [0.3, 0.4) is 0 Å². The van der Waals surface area contributed by atoms with E-state index in [-0.39, 0.29) is 6.10 Å². The summed E-state index contributed by atoms with van der Waals surface area (Å²) < 4.78 is 0. The summed E-state index contributed by atoms with van der Waals surface area (Å²) in [6, 6.07) is 0. The van der Waals surface area contributed by atoms with Crippen molar-refractivity contribution in [1.82, 2.24) is 10.2 Å². The van der Waals surface area contributed by atoms with Crippen LogP contribution >= 0.6 is 0 Å². The molecule has 0 aromatic carbocycles. The number of likely N-dealkylation sites (tertiary alicyclic amines) is 1. The average Bonchev–Trinajstić information content (AvgIpc) is 2.02. The molecule has 1 aliphatic heterocycles. The molecule has 1 unspecified atom stereocenters. The Morgan fingerprint density at radius 2 is 2.21 bits per heavy atom. The molecule has 1 saturated heterocycles. The van der Waals surface area contributed by atoms with Crippen LogP contribution < -0.4 is 5.32 Å². The first-order valence-corrected chi connectivity index (χ1v) is 5.58. The Balaban J connectivity index is 2.34. The summed E-state index contributed by atoms with van der Waals surface area (Å²) in [6.45, 7) is 8.64. The SMILES string of the molecule is CNCC(C)(C)CN1CCCC(O)C1. The zero-order valence-corrected chi connectivity index (χ0v) is 9.71. The van der Waals surface area contributed by atoms with Gasteiger partial charge in [-0.15, -0.1) is 0 Å². The van der Waals surface area contributed by atoms with E-state index in [2.05, 4.69) is 24.1 Å². The smallest absolute Gasteiger partial charge is 0.0667 e. The normalized spacial score (nSPS) is 25.3. The second-order valence-corrected chi connectivity index (χ2v) is 5.23. The van der Waals surface area contributed by atoms with Crippen molar-refractivity contribution in [3.05, 3.63) is 0 Å². The van der Waals surface area contributed by atoms with Crippen molar-refractivity contribution in [1.29, 1.82) is 0 Å². The summed E-state index contributed by atoms with van der Waals surface area (Å²) in [7, 11) is 1.99. The molecular formula is C11H24N2O. The maximum absolute atomic E-state index is 9.55. The van der Waals surface area contributed by atoms with E-state index in [9.17, 15) is 5.11 Å². The van der Waals surface area contributed by atoms with Gasteiger partial charge >= 0.3 is 0 Å². The van der Waals surface area contributed by atoms with Crippen LogP contribution in [0.5, 0.6) is 0 Å². The summed E-state index contributed by atoms with van der Waals surface area (Å²) in [5, 5.41) is 12.8. The molecule has 1 heterocycles. The molecule has 0 aromatic heterocycles. The highest BCUT2D eigenvalue weighted by atomic mass is 16.3. The van der Waals surface area contributed by atoms with E-state index in [1.807, 2.05) is 7.05 Å². The number of aliphatic hydroxyl groups is 1. The lowest BCUT2D eigenvalue weighted by Crippen LogP contribution is -2.45. The van der Waals surface area contributed by atoms with Crippen LogP contribution in [0.1, 0.15) is 26.7 Å². The van der Waals surface area contributed by atoms with E-state index in [1.54, 1.807) is 0 Å². The minimum atomic E-state index is -0.103. The van der Waals surface area contributed by atoms with Gasteiger partial charge in [-0.2, -0.15) is 0 Å². The van der Waals surface area contributed by atoms with Crippen LogP contribution in [0.25, 0.3) is 0 Å². The van der Waals surface area contributed by atoms with Crippen LogP contribution in [0.2, 0.25) is 0 Å². The van der Waals surface area contributed by atoms with Gasteiger partial charge in [0.15, 0.2) is 0 Å². The third kappa shape index (κ3) is 3.95. The molecule has 0 saturated carbocycles. The topological polar surface area (TPSA) is 35.5 Å². The van der Waals surface area contributed by atoms with E-state index in [4.69, 9.17) is 0 Å². The van der Waals surface area contributed by atoms with E-state index in [0.29, 0.717) is 5.41 Å². The minimum absolute atomic E-state index is 0.103.